The minimum absolute atomic E-state index is 0.186. The van der Waals surface area contributed by atoms with Gasteiger partial charge in [-0.05, 0) is 30.4 Å². The van der Waals surface area contributed by atoms with Crippen molar-refractivity contribution in [1.82, 2.24) is 4.98 Å². The minimum atomic E-state index is -0.743. The van der Waals surface area contributed by atoms with E-state index in [9.17, 15) is 4.79 Å². The van der Waals surface area contributed by atoms with Gasteiger partial charge >= 0.3 is 5.97 Å². The highest BCUT2D eigenvalue weighted by Gasteiger charge is 2.34. The van der Waals surface area contributed by atoms with Gasteiger partial charge in [-0.15, -0.1) is 0 Å². The summed E-state index contributed by atoms with van der Waals surface area (Å²) in [7, 11) is 0. The maximum Gasteiger partial charge on any atom is 0.303 e. The summed E-state index contributed by atoms with van der Waals surface area (Å²) in [4.78, 5) is 15.3. The molecule has 0 aliphatic heterocycles. The molecular weight excluding hydrogens is 254 g/mol. The van der Waals surface area contributed by atoms with Gasteiger partial charge in [-0.2, -0.15) is 5.26 Å². The number of aromatic nitrogens is 1. The second kappa shape index (κ2) is 6.38. The standard InChI is InChI=1S/C15H19N3O2/c16-10-12-4-7-17-13(8-12)18-11-15(9-14(19)20)5-2-1-3-6-15/h4,7-8H,1-3,5-6,9,11H2,(H,17,18)(H,19,20). The first-order chi connectivity index (χ1) is 9.63. The quantitative estimate of drug-likeness (QED) is 0.861. The lowest BCUT2D eigenvalue weighted by molar-refractivity contribution is -0.140. The van der Waals surface area contributed by atoms with E-state index in [1.165, 1.54) is 6.42 Å². The molecule has 0 radical (unpaired) electrons. The van der Waals surface area contributed by atoms with E-state index in [0.717, 1.165) is 25.7 Å². The second-order valence-electron chi connectivity index (χ2n) is 5.53. The summed E-state index contributed by atoms with van der Waals surface area (Å²) in [6.07, 6.45) is 7.00. The van der Waals surface area contributed by atoms with E-state index >= 15 is 0 Å². The topological polar surface area (TPSA) is 86.0 Å². The predicted octanol–water partition coefficient (Wildman–Crippen LogP) is 2.79. The lowest BCUT2D eigenvalue weighted by atomic mass is 9.71. The number of rotatable bonds is 5. The Kier molecular flexibility index (Phi) is 4.57. The molecule has 0 bridgehead atoms. The largest absolute Gasteiger partial charge is 0.481 e. The van der Waals surface area contributed by atoms with Crippen LogP contribution >= 0.6 is 0 Å². The number of carboxylic acid groups (broad SMARTS) is 1. The van der Waals surface area contributed by atoms with Crippen LogP contribution in [0.5, 0.6) is 0 Å². The number of carbonyl (C=O) groups is 1. The summed E-state index contributed by atoms with van der Waals surface area (Å²) in [6.45, 7) is 0.598. The van der Waals surface area contributed by atoms with Crippen LogP contribution in [-0.2, 0) is 4.79 Å². The summed E-state index contributed by atoms with van der Waals surface area (Å²) >= 11 is 0. The first kappa shape index (κ1) is 14.3. The fourth-order valence-electron chi connectivity index (χ4n) is 2.91. The van der Waals surface area contributed by atoms with Crippen LogP contribution in [-0.4, -0.2) is 22.6 Å². The molecular formula is C15H19N3O2. The molecule has 0 unspecified atom stereocenters. The van der Waals surface area contributed by atoms with Gasteiger partial charge in [0.05, 0.1) is 18.1 Å². The molecule has 1 aliphatic carbocycles. The zero-order valence-electron chi connectivity index (χ0n) is 11.4. The number of hydrogen-bond donors (Lipinski definition) is 2. The van der Waals surface area contributed by atoms with Gasteiger partial charge in [0.1, 0.15) is 5.82 Å². The number of nitrogens with one attached hydrogen (secondary N) is 1. The molecule has 5 nitrogen and oxygen atoms in total. The summed E-state index contributed by atoms with van der Waals surface area (Å²) in [5.41, 5.74) is 0.368. The summed E-state index contributed by atoms with van der Waals surface area (Å²) in [5.74, 6) is -0.105. The average Bonchev–Trinajstić information content (AvgIpc) is 2.46. The third-order valence-electron chi connectivity index (χ3n) is 3.97. The Morgan fingerprint density at radius 1 is 1.45 bits per heavy atom. The third kappa shape index (κ3) is 3.70. The van der Waals surface area contributed by atoms with Gasteiger partial charge in [0, 0.05) is 12.7 Å². The molecule has 1 aromatic rings. The molecule has 0 atom stereocenters. The predicted molar refractivity (Wildman–Crippen MR) is 75.2 cm³/mol. The van der Waals surface area contributed by atoms with Gasteiger partial charge in [0.15, 0.2) is 0 Å². The molecule has 5 heteroatoms. The molecule has 1 aliphatic rings. The highest BCUT2D eigenvalue weighted by atomic mass is 16.4. The third-order valence-corrected chi connectivity index (χ3v) is 3.97. The molecule has 0 spiro atoms. The van der Waals surface area contributed by atoms with Gasteiger partial charge < -0.3 is 10.4 Å². The van der Waals surface area contributed by atoms with Crippen molar-refractivity contribution in [1.29, 1.82) is 5.26 Å². The fourth-order valence-corrected chi connectivity index (χ4v) is 2.91. The first-order valence-electron chi connectivity index (χ1n) is 6.95. The molecule has 1 heterocycles. The molecule has 2 N–H and O–H groups in total. The number of carboxylic acids is 1. The Morgan fingerprint density at radius 2 is 2.20 bits per heavy atom. The van der Waals surface area contributed by atoms with E-state index in [0.29, 0.717) is 17.9 Å². The van der Waals surface area contributed by atoms with Crippen molar-refractivity contribution in [3.8, 4) is 6.07 Å². The van der Waals surface area contributed by atoms with Crippen molar-refractivity contribution in [3.63, 3.8) is 0 Å². The van der Waals surface area contributed by atoms with Crippen molar-refractivity contribution in [2.24, 2.45) is 5.41 Å². The first-order valence-corrected chi connectivity index (χ1v) is 6.95. The zero-order valence-corrected chi connectivity index (χ0v) is 11.4. The van der Waals surface area contributed by atoms with Gasteiger partial charge in [-0.3, -0.25) is 4.79 Å². The molecule has 0 aromatic carbocycles. The molecule has 1 fully saturated rings. The number of aliphatic carboxylic acids is 1. The number of pyridine rings is 1. The Morgan fingerprint density at radius 3 is 2.85 bits per heavy atom. The molecule has 0 amide bonds. The maximum absolute atomic E-state index is 11.1. The number of hydrogen-bond acceptors (Lipinski definition) is 4. The van der Waals surface area contributed by atoms with E-state index in [1.54, 1.807) is 18.3 Å². The van der Waals surface area contributed by atoms with Crippen molar-refractivity contribution < 1.29 is 9.90 Å². The lowest BCUT2D eigenvalue weighted by Gasteiger charge is -2.36. The highest BCUT2D eigenvalue weighted by molar-refractivity contribution is 5.68. The van der Waals surface area contributed by atoms with Crippen molar-refractivity contribution in [2.75, 3.05) is 11.9 Å². The smallest absolute Gasteiger partial charge is 0.303 e. The summed E-state index contributed by atoms with van der Waals surface area (Å²) < 4.78 is 0. The Hall–Kier alpha value is -2.09. The molecule has 1 aromatic heterocycles. The van der Waals surface area contributed by atoms with E-state index in [2.05, 4.69) is 16.4 Å². The van der Waals surface area contributed by atoms with Crippen molar-refractivity contribution in [2.45, 2.75) is 38.5 Å². The molecule has 2 rings (SSSR count). The average molecular weight is 273 g/mol. The monoisotopic (exact) mass is 273 g/mol. The van der Waals surface area contributed by atoms with Gasteiger partial charge in [-0.25, -0.2) is 4.98 Å². The molecule has 20 heavy (non-hydrogen) atoms. The van der Waals surface area contributed by atoms with Crippen LogP contribution in [0, 0.1) is 16.7 Å². The molecule has 1 saturated carbocycles. The molecule has 0 saturated heterocycles. The lowest BCUT2D eigenvalue weighted by Crippen LogP contribution is -2.34. The second-order valence-corrected chi connectivity index (χ2v) is 5.53. The van der Waals surface area contributed by atoms with Crippen LogP contribution in [0.1, 0.15) is 44.1 Å². The maximum atomic E-state index is 11.1. The van der Waals surface area contributed by atoms with Crippen LogP contribution in [0.3, 0.4) is 0 Å². The van der Waals surface area contributed by atoms with Crippen molar-refractivity contribution in [3.05, 3.63) is 23.9 Å². The number of nitriles is 1. The minimum Gasteiger partial charge on any atom is -0.481 e. The van der Waals surface area contributed by atoms with Gasteiger partial charge in [0.25, 0.3) is 0 Å². The number of nitrogens with zero attached hydrogens (tertiary/aromatic N) is 2. The normalized spacial score (nSPS) is 17.1. The molecule has 106 valence electrons. The van der Waals surface area contributed by atoms with E-state index in [4.69, 9.17) is 10.4 Å². The van der Waals surface area contributed by atoms with E-state index in [1.807, 2.05) is 0 Å². The SMILES string of the molecule is N#Cc1ccnc(NCC2(CC(=O)O)CCCCC2)c1. The zero-order chi connectivity index (χ0) is 14.4. The van der Waals surface area contributed by atoms with Crippen LogP contribution in [0.2, 0.25) is 0 Å². The highest BCUT2D eigenvalue weighted by Crippen LogP contribution is 2.39. The Balaban J connectivity index is 2.04. The van der Waals surface area contributed by atoms with Crippen LogP contribution < -0.4 is 5.32 Å². The summed E-state index contributed by atoms with van der Waals surface area (Å²) in [6, 6.07) is 5.42. The fraction of sp³-hybridized carbons (Fsp3) is 0.533. The van der Waals surface area contributed by atoms with Gasteiger partial charge in [-0.1, -0.05) is 19.3 Å². The van der Waals surface area contributed by atoms with Crippen molar-refractivity contribution >= 4 is 11.8 Å². The van der Waals surface area contributed by atoms with Crippen LogP contribution in [0.25, 0.3) is 0 Å². The Labute approximate surface area is 118 Å². The van der Waals surface area contributed by atoms with E-state index in [-0.39, 0.29) is 11.8 Å². The van der Waals surface area contributed by atoms with Gasteiger partial charge in [0.2, 0.25) is 0 Å². The number of anilines is 1. The summed E-state index contributed by atoms with van der Waals surface area (Å²) in [5, 5.41) is 21.2. The van der Waals surface area contributed by atoms with Crippen LogP contribution in [0.4, 0.5) is 5.82 Å². The van der Waals surface area contributed by atoms with Crippen LogP contribution in [0.15, 0.2) is 18.3 Å². The van der Waals surface area contributed by atoms with E-state index < -0.39 is 5.97 Å². The Bertz CT molecular complexity index is 516.